The Hall–Kier alpha value is -2.51. The molecule has 0 bridgehead atoms. The van der Waals surface area contributed by atoms with Crippen LogP contribution in [0, 0.1) is 0 Å². The minimum atomic E-state index is -0.528. The van der Waals surface area contributed by atoms with Gasteiger partial charge in [-0.2, -0.15) is 0 Å². The highest BCUT2D eigenvalue weighted by molar-refractivity contribution is 6.62. The van der Waals surface area contributed by atoms with E-state index < -0.39 is 24.4 Å². The van der Waals surface area contributed by atoms with Crippen LogP contribution in [-0.4, -0.2) is 31.5 Å². The zero-order chi connectivity index (χ0) is 21.9. The predicted molar refractivity (Wildman–Crippen MR) is 117 cm³/mol. The second-order valence-electron chi connectivity index (χ2n) is 8.94. The summed E-state index contributed by atoms with van der Waals surface area (Å²) in [5, 5.41) is 2.78. The number of hydrogen-bond acceptors (Lipinski definition) is 5. The van der Waals surface area contributed by atoms with Gasteiger partial charge in [0.05, 0.1) is 18.8 Å². The number of benzene rings is 2. The van der Waals surface area contributed by atoms with Crippen molar-refractivity contribution in [3.63, 3.8) is 0 Å². The Balaban J connectivity index is 1.69. The number of amides is 1. The summed E-state index contributed by atoms with van der Waals surface area (Å²) in [5.41, 5.74) is 1.86. The third kappa shape index (κ3) is 5.55. The first-order valence-corrected chi connectivity index (χ1v) is 10.1. The Morgan fingerprint density at radius 3 is 2.50 bits per heavy atom. The lowest BCUT2D eigenvalue weighted by atomic mass is 9.78. The molecule has 2 aromatic rings. The van der Waals surface area contributed by atoms with Gasteiger partial charge in [-0.3, -0.25) is 0 Å². The molecule has 1 heterocycles. The zero-order valence-electron chi connectivity index (χ0n) is 18.5. The number of rotatable bonds is 5. The fourth-order valence-corrected chi connectivity index (χ4v) is 3.40. The Morgan fingerprint density at radius 2 is 1.87 bits per heavy atom. The molecule has 1 aliphatic heterocycles. The fourth-order valence-electron chi connectivity index (χ4n) is 3.40. The van der Waals surface area contributed by atoms with Gasteiger partial charge in [-0.25, -0.2) is 4.79 Å². The van der Waals surface area contributed by atoms with Crippen molar-refractivity contribution < 1.29 is 23.6 Å². The van der Waals surface area contributed by atoms with E-state index in [-0.39, 0.29) is 6.10 Å². The van der Waals surface area contributed by atoms with Crippen LogP contribution in [-0.2, 0) is 20.6 Å². The second-order valence-corrected chi connectivity index (χ2v) is 8.94. The van der Waals surface area contributed by atoms with Gasteiger partial charge in [0, 0.05) is 6.54 Å². The molecule has 30 heavy (non-hydrogen) atoms. The highest BCUT2D eigenvalue weighted by Crippen LogP contribution is 2.39. The van der Waals surface area contributed by atoms with Crippen molar-refractivity contribution in [2.75, 3.05) is 7.11 Å². The Kier molecular flexibility index (Phi) is 6.43. The van der Waals surface area contributed by atoms with Crippen molar-refractivity contribution in [1.82, 2.24) is 5.32 Å². The molecule has 7 heteroatoms. The molecule has 1 fully saturated rings. The molecule has 1 unspecified atom stereocenters. The van der Waals surface area contributed by atoms with E-state index in [0.29, 0.717) is 6.54 Å². The van der Waals surface area contributed by atoms with Crippen LogP contribution in [0.1, 0.15) is 51.8 Å². The van der Waals surface area contributed by atoms with Crippen molar-refractivity contribution in [3.8, 4) is 5.75 Å². The molecule has 1 saturated heterocycles. The summed E-state index contributed by atoms with van der Waals surface area (Å²) in [4.78, 5) is 11.9. The monoisotopic (exact) mass is 411 g/mol. The van der Waals surface area contributed by atoms with Gasteiger partial charge < -0.3 is 24.1 Å². The van der Waals surface area contributed by atoms with E-state index in [1.807, 2.05) is 83.1 Å². The number of alkyl carbamates (subject to hydrolysis) is 1. The lowest BCUT2D eigenvalue weighted by molar-refractivity contribution is 0.0523. The third-order valence-electron chi connectivity index (χ3n) is 4.78. The maximum atomic E-state index is 11.9. The number of carbonyl (C=O) groups is 1. The van der Waals surface area contributed by atoms with Crippen molar-refractivity contribution in [3.05, 3.63) is 59.7 Å². The van der Waals surface area contributed by atoms with Gasteiger partial charge in [0.25, 0.3) is 0 Å². The molecular weight excluding hydrogens is 381 g/mol. The standard InChI is InChI=1S/C23H30BNO5/c1-22(2,3)28-21(26)25-15-16-8-7-9-18(14-16)24-29-20(23(4,5)30-24)17-10-12-19(27-6)13-11-17/h7-14,20H,15H2,1-6H3,(H,25,26). The molecular formula is C23H30BNO5. The van der Waals surface area contributed by atoms with Gasteiger partial charge in [0.15, 0.2) is 0 Å². The maximum absolute atomic E-state index is 11.9. The predicted octanol–water partition coefficient (Wildman–Crippen LogP) is 3.98. The molecule has 1 atom stereocenters. The van der Waals surface area contributed by atoms with Crippen LogP contribution < -0.4 is 15.5 Å². The quantitative estimate of drug-likeness (QED) is 0.754. The number of carbonyl (C=O) groups excluding carboxylic acids is 1. The summed E-state index contributed by atoms with van der Waals surface area (Å²) in [5.74, 6) is 0.803. The lowest BCUT2D eigenvalue weighted by Gasteiger charge is -2.25. The Labute approximate surface area is 179 Å². The average molecular weight is 411 g/mol. The Morgan fingerprint density at radius 1 is 1.17 bits per heavy atom. The molecule has 3 rings (SSSR count). The highest BCUT2D eigenvalue weighted by atomic mass is 16.7. The maximum Gasteiger partial charge on any atom is 0.494 e. The van der Waals surface area contributed by atoms with E-state index in [1.54, 1.807) is 7.11 Å². The molecule has 160 valence electrons. The Bertz CT molecular complexity index is 876. The van der Waals surface area contributed by atoms with E-state index in [4.69, 9.17) is 18.8 Å². The molecule has 1 aliphatic rings. The van der Waals surface area contributed by atoms with E-state index in [1.165, 1.54) is 0 Å². The van der Waals surface area contributed by atoms with Crippen LogP contribution in [0.3, 0.4) is 0 Å². The topological polar surface area (TPSA) is 66.0 Å². The van der Waals surface area contributed by atoms with Gasteiger partial charge in [-0.05, 0) is 63.3 Å². The number of nitrogens with one attached hydrogen (secondary N) is 1. The van der Waals surface area contributed by atoms with Crippen molar-refractivity contribution in [2.45, 2.75) is 58.5 Å². The molecule has 0 saturated carbocycles. The minimum Gasteiger partial charge on any atom is -0.497 e. The van der Waals surface area contributed by atoms with Crippen LogP contribution in [0.25, 0.3) is 0 Å². The average Bonchev–Trinajstić information content (AvgIpc) is 3.01. The van der Waals surface area contributed by atoms with E-state index in [9.17, 15) is 4.79 Å². The molecule has 0 aliphatic carbocycles. The number of hydrogen-bond donors (Lipinski definition) is 1. The van der Waals surface area contributed by atoms with Crippen LogP contribution >= 0.6 is 0 Å². The van der Waals surface area contributed by atoms with Crippen LogP contribution in [0.5, 0.6) is 5.75 Å². The van der Waals surface area contributed by atoms with Crippen LogP contribution in [0.4, 0.5) is 4.79 Å². The van der Waals surface area contributed by atoms with E-state index in [0.717, 1.165) is 22.3 Å². The van der Waals surface area contributed by atoms with E-state index >= 15 is 0 Å². The van der Waals surface area contributed by atoms with Crippen molar-refractivity contribution >= 4 is 18.7 Å². The molecule has 6 nitrogen and oxygen atoms in total. The summed E-state index contributed by atoms with van der Waals surface area (Å²) in [6.07, 6.45) is -0.654. The highest BCUT2D eigenvalue weighted by Gasteiger charge is 2.47. The largest absolute Gasteiger partial charge is 0.497 e. The van der Waals surface area contributed by atoms with Gasteiger partial charge in [0.1, 0.15) is 11.4 Å². The summed E-state index contributed by atoms with van der Waals surface area (Å²) in [6.45, 7) is 9.92. The van der Waals surface area contributed by atoms with Gasteiger partial charge in [-0.1, -0.05) is 36.4 Å². The number of methoxy groups -OCH3 is 1. The first-order valence-electron chi connectivity index (χ1n) is 10.1. The molecule has 2 aromatic carbocycles. The molecule has 0 aromatic heterocycles. The van der Waals surface area contributed by atoms with Crippen molar-refractivity contribution in [2.24, 2.45) is 0 Å². The first kappa shape index (κ1) is 22.2. The van der Waals surface area contributed by atoms with E-state index in [2.05, 4.69) is 5.32 Å². The lowest BCUT2D eigenvalue weighted by Crippen LogP contribution is -2.35. The second kappa shape index (κ2) is 8.70. The molecule has 1 amide bonds. The van der Waals surface area contributed by atoms with Gasteiger partial charge >= 0.3 is 13.2 Å². The first-order chi connectivity index (χ1) is 14.1. The summed E-state index contributed by atoms with van der Waals surface area (Å²) in [7, 11) is 1.16. The third-order valence-corrected chi connectivity index (χ3v) is 4.78. The summed E-state index contributed by atoms with van der Waals surface area (Å²) in [6, 6.07) is 15.7. The number of ether oxygens (including phenoxy) is 2. The molecule has 0 radical (unpaired) electrons. The zero-order valence-corrected chi connectivity index (χ0v) is 18.5. The van der Waals surface area contributed by atoms with Gasteiger partial charge in [-0.15, -0.1) is 0 Å². The van der Waals surface area contributed by atoms with Crippen molar-refractivity contribution in [1.29, 1.82) is 0 Å². The van der Waals surface area contributed by atoms with Gasteiger partial charge in [0.2, 0.25) is 0 Å². The minimum absolute atomic E-state index is 0.211. The smallest absolute Gasteiger partial charge is 0.494 e. The molecule has 1 N–H and O–H groups in total. The van der Waals surface area contributed by atoms with Crippen LogP contribution in [0.15, 0.2) is 48.5 Å². The fraction of sp³-hybridized carbons (Fsp3) is 0.435. The van der Waals surface area contributed by atoms with Crippen LogP contribution in [0.2, 0.25) is 0 Å². The SMILES string of the molecule is COc1ccc(C2OB(c3cccc(CNC(=O)OC(C)(C)C)c3)OC2(C)C)cc1. The summed E-state index contributed by atoms with van der Waals surface area (Å²) >= 11 is 0. The molecule has 0 spiro atoms. The normalized spacial score (nSPS) is 18.2. The summed E-state index contributed by atoms with van der Waals surface area (Å²) < 4.78 is 23.1.